The quantitative estimate of drug-likeness (QED) is 0.565. The largest absolute Gasteiger partial charge is 0.488 e. The molecule has 0 radical (unpaired) electrons. The molecule has 0 saturated carbocycles. The van der Waals surface area contributed by atoms with Gasteiger partial charge in [0.2, 0.25) is 5.95 Å². The number of hydrogen-bond donors (Lipinski definition) is 1. The fraction of sp³-hybridized carbons (Fsp3) is 0.391. The highest BCUT2D eigenvalue weighted by atomic mass is 35.5. The van der Waals surface area contributed by atoms with Crippen LogP contribution in [0.5, 0.6) is 0 Å². The summed E-state index contributed by atoms with van der Waals surface area (Å²) < 4.78 is 26.6. The molecule has 0 spiro atoms. The minimum absolute atomic E-state index is 0.0205. The molecule has 182 valence electrons. The van der Waals surface area contributed by atoms with Gasteiger partial charge < -0.3 is 14.8 Å². The molecule has 1 heterocycles. The summed E-state index contributed by atoms with van der Waals surface area (Å²) in [5.41, 5.74) is -2.02. The van der Waals surface area contributed by atoms with Crippen molar-refractivity contribution in [2.75, 3.05) is 12.4 Å². The Morgan fingerprint density at radius 2 is 1.94 bits per heavy atom. The first kappa shape index (κ1) is 25.2. The van der Waals surface area contributed by atoms with Crippen LogP contribution in [0.1, 0.15) is 32.8 Å². The molecule has 0 bridgehead atoms. The van der Waals surface area contributed by atoms with Gasteiger partial charge in [0.25, 0.3) is 0 Å². The number of nitrogens with zero attached hydrogens (tertiary/aromatic N) is 3. The second kappa shape index (κ2) is 10.3. The third-order valence-corrected chi connectivity index (χ3v) is 5.32. The van der Waals surface area contributed by atoms with E-state index in [0.717, 1.165) is 7.11 Å². The number of hydrogen-bond acceptors (Lipinski definition) is 7. The van der Waals surface area contributed by atoms with E-state index >= 15 is 0 Å². The van der Waals surface area contributed by atoms with E-state index < -0.39 is 35.3 Å². The average Bonchev–Trinajstić information content (AvgIpc) is 2.77. The molecule has 1 aromatic heterocycles. The van der Waals surface area contributed by atoms with Crippen molar-refractivity contribution in [2.45, 2.75) is 51.9 Å². The number of aromatic nitrogens is 3. The number of halogens is 2. The number of nitrogens with one attached hydrogen (secondary N) is 1. The number of rotatable bonds is 8. The van der Waals surface area contributed by atoms with Crippen molar-refractivity contribution in [3.8, 4) is 0 Å². The van der Waals surface area contributed by atoms with Gasteiger partial charge in [-0.2, -0.15) is 4.98 Å². The van der Waals surface area contributed by atoms with Crippen LogP contribution in [0.25, 0.3) is 0 Å². The number of carbonyl (C=O) groups is 1. The van der Waals surface area contributed by atoms with E-state index in [1.807, 2.05) is 0 Å². The SMILES string of the molecule is COC(=O)Cn1c(=O)nc(NC2(C)C=C(F)C(OC(C)C)=CC2)n(Cc2ccc(Cl)cc2)c1=O. The van der Waals surface area contributed by atoms with E-state index in [0.29, 0.717) is 21.6 Å². The molecule has 0 aliphatic heterocycles. The van der Waals surface area contributed by atoms with Crippen molar-refractivity contribution >= 4 is 23.5 Å². The van der Waals surface area contributed by atoms with Gasteiger partial charge in [0, 0.05) is 5.02 Å². The third-order valence-electron chi connectivity index (χ3n) is 5.07. The number of benzene rings is 1. The lowest BCUT2D eigenvalue weighted by atomic mass is 9.92. The molecule has 1 unspecified atom stereocenters. The van der Waals surface area contributed by atoms with Gasteiger partial charge in [0.1, 0.15) is 6.54 Å². The maximum absolute atomic E-state index is 14.7. The zero-order valence-electron chi connectivity index (χ0n) is 19.3. The number of allylic oxidation sites excluding steroid dienone is 1. The second-order valence-electron chi connectivity index (χ2n) is 8.35. The van der Waals surface area contributed by atoms with Crippen LogP contribution < -0.4 is 16.7 Å². The first-order valence-corrected chi connectivity index (χ1v) is 11.0. The minimum Gasteiger partial charge on any atom is -0.488 e. The van der Waals surface area contributed by atoms with Crippen molar-refractivity contribution < 1.29 is 18.7 Å². The molecule has 2 aromatic rings. The van der Waals surface area contributed by atoms with Gasteiger partial charge >= 0.3 is 17.3 Å². The van der Waals surface area contributed by atoms with Crippen LogP contribution in [0.15, 0.2) is 57.6 Å². The van der Waals surface area contributed by atoms with E-state index in [1.165, 1.54) is 10.6 Å². The third kappa shape index (κ3) is 5.93. The van der Waals surface area contributed by atoms with E-state index in [4.69, 9.17) is 16.3 Å². The summed E-state index contributed by atoms with van der Waals surface area (Å²) in [5.74, 6) is -1.28. The van der Waals surface area contributed by atoms with Gasteiger partial charge in [-0.1, -0.05) is 23.7 Å². The summed E-state index contributed by atoms with van der Waals surface area (Å²) in [4.78, 5) is 41.5. The molecule has 3 rings (SSSR count). The van der Waals surface area contributed by atoms with E-state index in [9.17, 15) is 18.8 Å². The van der Waals surface area contributed by atoms with E-state index in [2.05, 4.69) is 15.0 Å². The number of esters is 1. The number of ether oxygens (including phenoxy) is 2. The van der Waals surface area contributed by atoms with Crippen LogP contribution in [-0.2, 0) is 27.4 Å². The van der Waals surface area contributed by atoms with Crippen LogP contribution in [0.3, 0.4) is 0 Å². The van der Waals surface area contributed by atoms with Crippen LogP contribution >= 0.6 is 11.6 Å². The molecule has 11 heteroatoms. The zero-order valence-corrected chi connectivity index (χ0v) is 20.1. The smallest absolute Gasteiger partial charge is 0.355 e. The first-order chi connectivity index (χ1) is 16.0. The van der Waals surface area contributed by atoms with Crippen LogP contribution in [0.2, 0.25) is 5.02 Å². The van der Waals surface area contributed by atoms with Gasteiger partial charge in [-0.15, -0.1) is 0 Å². The highest BCUT2D eigenvalue weighted by Gasteiger charge is 2.30. The number of methoxy groups -OCH3 is 1. The highest BCUT2D eigenvalue weighted by molar-refractivity contribution is 6.30. The normalized spacial score (nSPS) is 17.7. The van der Waals surface area contributed by atoms with Crippen LogP contribution in [-0.4, -0.2) is 38.8 Å². The number of carbonyl (C=O) groups excluding carboxylic acids is 1. The standard InChI is InChI=1S/C23H26ClFN4O5/c1-14(2)34-18-9-10-23(3,11-17(18)25)27-20-26-21(31)29(13-19(30)33-4)22(32)28(20)12-15-5-7-16(24)8-6-15/h5-9,11,14H,10,12-13H2,1-4H3,(H,26,27,31). The molecule has 1 aliphatic rings. The molecular weight excluding hydrogens is 467 g/mol. The van der Waals surface area contributed by atoms with Gasteiger partial charge in [-0.25, -0.2) is 18.5 Å². The first-order valence-electron chi connectivity index (χ1n) is 10.6. The Morgan fingerprint density at radius 1 is 1.26 bits per heavy atom. The summed E-state index contributed by atoms with van der Waals surface area (Å²) in [6.07, 6.45) is 3.03. The van der Waals surface area contributed by atoms with E-state index in [1.54, 1.807) is 51.1 Å². The summed E-state index contributed by atoms with van der Waals surface area (Å²) in [7, 11) is 1.15. The Morgan fingerprint density at radius 3 is 2.53 bits per heavy atom. The molecule has 0 amide bonds. The molecule has 1 aliphatic carbocycles. The van der Waals surface area contributed by atoms with Crippen molar-refractivity contribution in [2.24, 2.45) is 0 Å². The summed E-state index contributed by atoms with van der Waals surface area (Å²) in [6.45, 7) is 4.72. The molecule has 1 aromatic carbocycles. The van der Waals surface area contributed by atoms with Gasteiger partial charge in [-0.05, 0) is 57.0 Å². The van der Waals surface area contributed by atoms with Gasteiger partial charge in [-0.3, -0.25) is 9.36 Å². The molecule has 1 atom stereocenters. The van der Waals surface area contributed by atoms with Gasteiger partial charge in [0.05, 0.1) is 25.3 Å². The molecule has 34 heavy (non-hydrogen) atoms. The zero-order chi connectivity index (χ0) is 25.0. The fourth-order valence-corrected chi connectivity index (χ4v) is 3.51. The van der Waals surface area contributed by atoms with Crippen molar-refractivity contribution in [3.63, 3.8) is 0 Å². The Kier molecular flexibility index (Phi) is 7.61. The average molecular weight is 493 g/mol. The maximum Gasteiger partial charge on any atom is 0.355 e. The molecule has 0 saturated heterocycles. The molecule has 9 nitrogen and oxygen atoms in total. The molecule has 0 fully saturated rings. The second-order valence-corrected chi connectivity index (χ2v) is 8.79. The number of anilines is 1. The minimum atomic E-state index is -1.00. The lowest BCUT2D eigenvalue weighted by molar-refractivity contribution is -0.141. The summed E-state index contributed by atoms with van der Waals surface area (Å²) in [5, 5.41) is 3.54. The summed E-state index contributed by atoms with van der Waals surface area (Å²) in [6, 6.07) is 6.76. The highest BCUT2D eigenvalue weighted by Crippen LogP contribution is 2.30. The predicted octanol–water partition coefficient (Wildman–Crippen LogP) is 3.02. The van der Waals surface area contributed by atoms with Crippen molar-refractivity contribution in [1.82, 2.24) is 14.1 Å². The van der Waals surface area contributed by atoms with Crippen molar-refractivity contribution in [1.29, 1.82) is 0 Å². The fourth-order valence-electron chi connectivity index (χ4n) is 3.38. The monoisotopic (exact) mass is 492 g/mol. The van der Waals surface area contributed by atoms with Gasteiger partial charge in [0.15, 0.2) is 11.6 Å². The topological polar surface area (TPSA) is 104 Å². The Hall–Kier alpha value is -3.40. The maximum atomic E-state index is 14.7. The lowest BCUT2D eigenvalue weighted by Crippen LogP contribution is -2.46. The van der Waals surface area contributed by atoms with E-state index in [-0.39, 0.29) is 24.4 Å². The Bertz CT molecular complexity index is 1250. The molecular formula is C23H26ClFN4O5. The Balaban J connectivity index is 2.03. The Labute approximate surface area is 200 Å². The van der Waals surface area contributed by atoms with Crippen molar-refractivity contribution in [3.05, 3.63) is 79.6 Å². The molecule has 1 N–H and O–H groups in total. The lowest BCUT2D eigenvalue weighted by Gasteiger charge is -2.31. The summed E-state index contributed by atoms with van der Waals surface area (Å²) >= 11 is 5.95. The van der Waals surface area contributed by atoms with Crippen LogP contribution in [0.4, 0.5) is 10.3 Å². The predicted molar refractivity (Wildman–Crippen MR) is 125 cm³/mol. The van der Waals surface area contributed by atoms with Crippen LogP contribution in [0, 0.1) is 0 Å².